The molecule has 1 atom stereocenters. The van der Waals surface area contributed by atoms with E-state index in [0.717, 1.165) is 25.3 Å². The summed E-state index contributed by atoms with van der Waals surface area (Å²) in [6.07, 6.45) is 2.92. The molecule has 3 N–H and O–H groups in total. The molecule has 1 aromatic heterocycles. The lowest BCUT2D eigenvalue weighted by Gasteiger charge is -2.22. The van der Waals surface area contributed by atoms with Crippen LogP contribution in [0.5, 0.6) is 0 Å². The number of aromatic nitrogens is 2. The van der Waals surface area contributed by atoms with Crippen LogP contribution in [0.1, 0.15) is 20.3 Å². The molecule has 1 aliphatic rings. The Morgan fingerprint density at radius 2 is 2.30 bits per heavy atom. The molecule has 20 heavy (non-hydrogen) atoms. The van der Waals surface area contributed by atoms with Gasteiger partial charge in [-0.15, -0.1) is 0 Å². The largest absolute Gasteiger partial charge is 0.396 e. The number of likely N-dealkylation sites (N-methyl/N-ethyl adjacent to an activating group) is 1. The third kappa shape index (κ3) is 3.80. The second-order valence-corrected chi connectivity index (χ2v) is 6.13. The van der Waals surface area contributed by atoms with E-state index < -0.39 is 0 Å². The number of aliphatic hydroxyl groups is 1. The highest BCUT2D eigenvalue weighted by atomic mass is 16.3. The van der Waals surface area contributed by atoms with Crippen molar-refractivity contribution in [3.8, 4) is 0 Å². The van der Waals surface area contributed by atoms with Crippen molar-refractivity contribution >= 4 is 11.8 Å². The first kappa shape index (κ1) is 15.0. The zero-order valence-electron chi connectivity index (χ0n) is 12.6. The Kier molecular flexibility index (Phi) is 4.77. The van der Waals surface area contributed by atoms with Crippen LogP contribution in [0.3, 0.4) is 0 Å². The first-order valence-corrected chi connectivity index (χ1v) is 7.14. The molecule has 1 fully saturated rings. The number of hydrogen-bond acceptors (Lipinski definition) is 6. The number of anilines is 2. The van der Waals surface area contributed by atoms with E-state index in [2.05, 4.69) is 25.5 Å². The van der Waals surface area contributed by atoms with Gasteiger partial charge >= 0.3 is 0 Å². The lowest BCUT2D eigenvalue weighted by atomic mass is 9.95. The lowest BCUT2D eigenvalue weighted by molar-refractivity contribution is 0.170. The van der Waals surface area contributed by atoms with Crippen LogP contribution >= 0.6 is 0 Å². The zero-order valence-corrected chi connectivity index (χ0v) is 12.6. The molecule has 0 unspecified atom stereocenters. The van der Waals surface area contributed by atoms with Gasteiger partial charge in [-0.05, 0) is 19.5 Å². The van der Waals surface area contributed by atoms with Gasteiger partial charge in [0.25, 0.3) is 0 Å². The summed E-state index contributed by atoms with van der Waals surface area (Å²) in [5.74, 6) is 1.58. The maximum Gasteiger partial charge on any atom is 0.224 e. The zero-order chi connectivity index (χ0) is 14.6. The number of aliphatic hydroxyl groups excluding tert-OH is 1. The Hall–Kier alpha value is -1.40. The monoisotopic (exact) mass is 279 g/mol. The Bertz CT molecular complexity index is 437. The molecule has 1 saturated heterocycles. The van der Waals surface area contributed by atoms with Gasteiger partial charge in [0.05, 0.1) is 0 Å². The van der Waals surface area contributed by atoms with Crippen molar-refractivity contribution < 1.29 is 5.11 Å². The normalized spacial score (nSPS) is 19.4. The van der Waals surface area contributed by atoms with Gasteiger partial charge in [-0.2, -0.15) is 4.98 Å². The highest BCUT2D eigenvalue weighted by molar-refractivity contribution is 5.43. The van der Waals surface area contributed by atoms with Crippen molar-refractivity contribution in [3.63, 3.8) is 0 Å². The van der Waals surface area contributed by atoms with Crippen molar-refractivity contribution in [2.75, 3.05) is 43.5 Å². The molecule has 0 amide bonds. The highest BCUT2D eigenvalue weighted by Crippen LogP contribution is 2.19. The number of hydrogen-bond donors (Lipinski definition) is 3. The molecule has 1 aliphatic heterocycles. The molecular formula is C14H25N5O. The Labute approximate surface area is 120 Å². The lowest BCUT2D eigenvalue weighted by Crippen LogP contribution is -2.30. The number of rotatable bonds is 6. The Balaban J connectivity index is 1.98. The minimum Gasteiger partial charge on any atom is -0.396 e. The molecule has 0 aliphatic carbocycles. The van der Waals surface area contributed by atoms with Crippen LogP contribution in [0.2, 0.25) is 0 Å². The summed E-state index contributed by atoms with van der Waals surface area (Å²) < 4.78 is 0. The fourth-order valence-corrected chi connectivity index (χ4v) is 2.19. The fraction of sp³-hybridized carbons (Fsp3) is 0.714. The van der Waals surface area contributed by atoms with Crippen LogP contribution in [0.15, 0.2) is 12.3 Å². The molecule has 0 aromatic carbocycles. The molecule has 112 valence electrons. The van der Waals surface area contributed by atoms with Crippen molar-refractivity contribution in [2.24, 2.45) is 5.41 Å². The summed E-state index contributed by atoms with van der Waals surface area (Å²) in [6, 6.07) is 2.48. The van der Waals surface area contributed by atoms with Gasteiger partial charge < -0.3 is 20.6 Å². The van der Waals surface area contributed by atoms with E-state index in [4.69, 9.17) is 0 Å². The molecule has 6 heteroatoms. The van der Waals surface area contributed by atoms with Gasteiger partial charge in [0.1, 0.15) is 5.82 Å². The van der Waals surface area contributed by atoms with Crippen LogP contribution in [0.4, 0.5) is 11.8 Å². The summed E-state index contributed by atoms with van der Waals surface area (Å²) in [5.41, 5.74) is -0.176. The smallest absolute Gasteiger partial charge is 0.224 e. The molecule has 1 aromatic rings. The van der Waals surface area contributed by atoms with E-state index in [0.29, 0.717) is 18.5 Å². The van der Waals surface area contributed by atoms with Crippen LogP contribution in [0, 0.1) is 5.41 Å². The van der Waals surface area contributed by atoms with Gasteiger partial charge in [-0.3, -0.25) is 0 Å². The van der Waals surface area contributed by atoms with Crippen LogP contribution in [-0.2, 0) is 0 Å². The van der Waals surface area contributed by atoms with Gasteiger partial charge in [-0.1, -0.05) is 13.8 Å². The van der Waals surface area contributed by atoms with Gasteiger partial charge in [-0.25, -0.2) is 4.98 Å². The Morgan fingerprint density at radius 1 is 1.50 bits per heavy atom. The van der Waals surface area contributed by atoms with Crippen molar-refractivity contribution in [1.82, 2.24) is 15.3 Å². The minimum atomic E-state index is -0.176. The van der Waals surface area contributed by atoms with E-state index in [1.165, 1.54) is 0 Å². The first-order chi connectivity index (χ1) is 9.54. The quantitative estimate of drug-likeness (QED) is 0.712. The number of nitrogens with zero attached hydrogens (tertiary/aromatic N) is 3. The fourth-order valence-electron chi connectivity index (χ4n) is 2.19. The van der Waals surface area contributed by atoms with Crippen LogP contribution < -0.4 is 15.5 Å². The van der Waals surface area contributed by atoms with E-state index in [9.17, 15) is 5.11 Å². The summed E-state index contributed by atoms with van der Waals surface area (Å²) in [5, 5.41) is 15.8. The van der Waals surface area contributed by atoms with Gasteiger partial charge in [0, 0.05) is 43.9 Å². The molecule has 0 saturated carbocycles. The maximum absolute atomic E-state index is 9.26. The Morgan fingerprint density at radius 3 is 2.95 bits per heavy atom. The molecule has 0 spiro atoms. The van der Waals surface area contributed by atoms with E-state index in [1.54, 1.807) is 6.20 Å². The molecule has 2 rings (SSSR count). The third-order valence-electron chi connectivity index (χ3n) is 3.71. The molecule has 0 bridgehead atoms. The van der Waals surface area contributed by atoms with Crippen molar-refractivity contribution in [1.29, 1.82) is 0 Å². The van der Waals surface area contributed by atoms with Crippen LogP contribution in [-0.4, -0.2) is 54.4 Å². The average molecular weight is 279 g/mol. The third-order valence-corrected chi connectivity index (χ3v) is 3.71. The van der Waals surface area contributed by atoms with E-state index in [1.807, 2.05) is 27.0 Å². The summed E-state index contributed by atoms with van der Waals surface area (Å²) in [4.78, 5) is 11.1. The topological polar surface area (TPSA) is 73.3 Å². The first-order valence-electron chi connectivity index (χ1n) is 7.14. The second kappa shape index (κ2) is 6.37. The highest BCUT2D eigenvalue weighted by Gasteiger charge is 2.22. The van der Waals surface area contributed by atoms with Gasteiger partial charge in [0.15, 0.2) is 0 Å². The molecule has 6 nitrogen and oxygen atoms in total. The summed E-state index contributed by atoms with van der Waals surface area (Å²) in [6.45, 7) is 6.78. The van der Waals surface area contributed by atoms with Crippen molar-refractivity contribution in [3.05, 3.63) is 12.3 Å². The van der Waals surface area contributed by atoms with E-state index in [-0.39, 0.29) is 12.0 Å². The standard InChI is InChI=1S/C14H25N5O/c1-14(2,10-20)9-17-13-16-6-4-12(18-13)19-7-5-11(8-19)15-3/h4,6,11,15,20H,5,7-10H2,1-3H3,(H,16,17,18)/t11-/m0/s1. The predicted molar refractivity (Wildman–Crippen MR) is 81.1 cm³/mol. The summed E-state index contributed by atoms with van der Waals surface area (Å²) in [7, 11) is 2.00. The average Bonchev–Trinajstić information content (AvgIpc) is 2.95. The maximum atomic E-state index is 9.26. The second-order valence-electron chi connectivity index (χ2n) is 6.13. The number of nitrogens with one attached hydrogen (secondary N) is 2. The SMILES string of the molecule is CN[C@H]1CCN(c2ccnc(NCC(C)(C)CO)n2)C1. The van der Waals surface area contributed by atoms with Gasteiger partial charge in [0.2, 0.25) is 5.95 Å². The minimum absolute atomic E-state index is 0.135. The van der Waals surface area contributed by atoms with Crippen molar-refractivity contribution in [2.45, 2.75) is 26.3 Å². The van der Waals surface area contributed by atoms with E-state index >= 15 is 0 Å². The molecule has 0 radical (unpaired) electrons. The molecule has 2 heterocycles. The summed E-state index contributed by atoms with van der Waals surface area (Å²) >= 11 is 0. The predicted octanol–water partition coefficient (Wildman–Crippen LogP) is 0.705. The van der Waals surface area contributed by atoms with Crippen LogP contribution in [0.25, 0.3) is 0 Å². The molecular weight excluding hydrogens is 254 g/mol.